The van der Waals surface area contributed by atoms with Crippen LogP contribution < -0.4 is 0 Å². The minimum absolute atomic E-state index is 0.644. The highest BCUT2D eigenvalue weighted by atomic mass is 19.2. The Balaban J connectivity index is 3.11. The van der Waals surface area contributed by atoms with Gasteiger partial charge in [0, 0.05) is 13.1 Å². The molecule has 134 valence electrons. The summed E-state index contributed by atoms with van der Waals surface area (Å²) in [5.74, 6) is 0. The first-order chi connectivity index (χ1) is 10.8. The Hall–Kier alpha value is -0.110. The summed E-state index contributed by atoms with van der Waals surface area (Å²) in [4.78, 5) is 0. The summed E-state index contributed by atoms with van der Waals surface area (Å²) in [5, 5.41) is 1.05. The lowest BCUT2D eigenvalue weighted by molar-refractivity contribution is 0.0217. The Kier molecular flexibility index (Phi) is 18.8. The third-order valence-electron chi connectivity index (χ3n) is 4.51. The molecule has 2 heteroatoms. The molecule has 0 saturated carbocycles. The van der Waals surface area contributed by atoms with Crippen molar-refractivity contribution in [3.05, 3.63) is 0 Å². The van der Waals surface area contributed by atoms with Crippen molar-refractivity contribution < 1.29 is 4.48 Å². The van der Waals surface area contributed by atoms with Crippen LogP contribution >= 0.6 is 0 Å². The molecule has 0 aromatic carbocycles. The Morgan fingerprint density at radius 2 is 0.727 bits per heavy atom. The summed E-state index contributed by atoms with van der Waals surface area (Å²) in [7, 11) is 0. The first-order valence-corrected chi connectivity index (χ1v) is 10.2. The van der Waals surface area contributed by atoms with E-state index in [-0.39, 0.29) is 0 Å². The van der Waals surface area contributed by atoms with Gasteiger partial charge in [0.15, 0.2) is 0 Å². The lowest BCUT2D eigenvalue weighted by atomic mass is 10.1. The van der Waals surface area contributed by atoms with Crippen LogP contribution in [-0.4, -0.2) is 18.2 Å². The monoisotopic (exact) mass is 315 g/mol. The molecule has 0 aliphatic rings. The fourth-order valence-electron chi connectivity index (χ4n) is 2.95. The number of rotatable bonds is 18. The van der Waals surface area contributed by atoms with E-state index in [9.17, 15) is 4.48 Å². The minimum Gasteiger partial charge on any atom is -0.146 e. The molecule has 22 heavy (non-hydrogen) atoms. The molecule has 0 unspecified atom stereocenters. The fourth-order valence-corrected chi connectivity index (χ4v) is 2.95. The molecule has 0 spiro atoms. The molecule has 0 aromatic heterocycles. The first kappa shape index (κ1) is 21.9. The van der Waals surface area contributed by atoms with E-state index in [0.29, 0.717) is 13.1 Å². The number of nitrogens with zero attached hydrogens (tertiary/aromatic N) is 1. The minimum atomic E-state index is 0.644. The normalized spacial score (nSPS) is 11.5. The molecule has 0 bridgehead atoms. The average Bonchev–Trinajstić information content (AvgIpc) is 2.52. The van der Waals surface area contributed by atoms with E-state index in [1.165, 1.54) is 89.9 Å². The molecule has 1 nitrogen and oxygen atoms in total. The second kappa shape index (κ2) is 18.9. The molecule has 0 rings (SSSR count). The maximum absolute atomic E-state index is 13.6. The summed E-state index contributed by atoms with van der Waals surface area (Å²) in [6, 6.07) is 0. The van der Waals surface area contributed by atoms with Crippen molar-refractivity contribution in [2.24, 2.45) is 0 Å². The predicted octanol–water partition coefficient (Wildman–Crippen LogP) is 7.45. The van der Waals surface area contributed by atoms with Gasteiger partial charge in [-0.2, -0.15) is 0 Å². The standard InChI is InChI=1S/C20H42FN/c1-3-5-7-9-11-13-15-17-19-22(21)20-18-16-14-12-10-8-6-4-2/h3-20H2,1-2H3. The van der Waals surface area contributed by atoms with Crippen LogP contribution in [-0.2, 0) is 0 Å². The molecule has 0 heterocycles. The van der Waals surface area contributed by atoms with Gasteiger partial charge >= 0.3 is 0 Å². The Morgan fingerprint density at radius 3 is 1.05 bits per heavy atom. The lowest BCUT2D eigenvalue weighted by Crippen LogP contribution is -2.16. The molecule has 0 aliphatic carbocycles. The van der Waals surface area contributed by atoms with Gasteiger partial charge in [-0.15, -0.1) is 9.60 Å². The number of hydrogen-bond acceptors (Lipinski definition) is 1. The zero-order chi connectivity index (χ0) is 16.3. The molecule has 0 saturated heterocycles. The van der Waals surface area contributed by atoms with E-state index in [2.05, 4.69) is 13.8 Å². The van der Waals surface area contributed by atoms with Gasteiger partial charge in [-0.05, 0) is 12.8 Å². The maximum atomic E-state index is 13.6. The van der Waals surface area contributed by atoms with Gasteiger partial charge in [-0.3, -0.25) is 0 Å². The molecule has 0 aromatic rings. The fraction of sp³-hybridized carbons (Fsp3) is 1.00. The molecule has 0 aliphatic heterocycles. The van der Waals surface area contributed by atoms with Crippen molar-refractivity contribution >= 4 is 0 Å². The molecule has 0 fully saturated rings. The van der Waals surface area contributed by atoms with Crippen LogP contribution in [0.2, 0.25) is 0 Å². The predicted molar refractivity (Wildman–Crippen MR) is 97.9 cm³/mol. The van der Waals surface area contributed by atoms with Crippen molar-refractivity contribution in [1.29, 1.82) is 0 Å². The van der Waals surface area contributed by atoms with E-state index in [1.54, 1.807) is 0 Å². The van der Waals surface area contributed by atoms with Crippen LogP contribution in [0.3, 0.4) is 0 Å². The van der Waals surface area contributed by atoms with E-state index in [4.69, 9.17) is 0 Å². The highest BCUT2D eigenvalue weighted by Crippen LogP contribution is 2.11. The van der Waals surface area contributed by atoms with Crippen molar-refractivity contribution in [3.8, 4) is 0 Å². The van der Waals surface area contributed by atoms with Crippen molar-refractivity contribution in [2.45, 2.75) is 117 Å². The second-order valence-corrected chi connectivity index (χ2v) is 6.86. The topological polar surface area (TPSA) is 3.24 Å². The third kappa shape index (κ3) is 17.9. The van der Waals surface area contributed by atoms with Gasteiger partial charge in [0.05, 0.1) is 0 Å². The summed E-state index contributed by atoms with van der Waals surface area (Å²) < 4.78 is 13.6. The smallest absolute Gasteiger partial charge is 0.0290 e. The number of halogens is 1. The second-order valence-electron chi connectivity index (χ2n) is 6.86. The largest absolute Gasteiger partial charge is 0.146 e. The van der Waals surface area contributed by atoms with Crippen LogP contribution in [0.25, 0.3) is 0 Å². The quantitative estimate of drug-likeness (QED) is 0.187. The summed E-state index contributed by atoms with van der Waals surface area (Å²) in [6.07, 6.45) is 20.6. The molecular formula is C20H42FN. The average molecular weight is 316 g/mol. The van der Waals surface area contributed by atoms with E-state index in [0.717, 1.165) is 18.0 Å². The summed E-state index contributed by atoms with van der Waals surface area (Å²) in [5.41, 5.74) is 0. The summed E-state index contributed by atoms with van der Waals surface area (Å²) in [6.45, 7) is 5.79. The van der Waals surface area contributed by atoms with Crippen LogP contribution in [0.5, 0.6) is 0 Å². The van der Waals surface area contributed by atoms with Crippen molar-refractivity contribution in [2.75, 3.05) is 13.1 Å². The van der Waals surface area contributed by atoms with E-state index < -0.39 is 0 Å². The molecule has 0 N–H and O–H groups in total. The van der Waals surface area contributed by atoms with Gasteiger partial charge in [-0.25, -0.2) is 0 Å². The zero-order valence-electron chi connectivity index (χ0n) is 15.6. The van der Waals surface area contributed by atoms with Crippen LogP contribution in [0.15, 0.2) is 0 Å². The van der Waals surface area contributed by atoms with Crippen LogP contribution in [0.1, 0.15) is 117 Å². The Bertz CT molecular complexity index is 176. The van der Waals surface area contributed by atoms with Crippen LogP contribution in [0.4, 0.5) is 4.48 Å². The van der Waals surface area contributed by atoms with Gasteiger partial charge < -0.3 is 0 Å². The first-order valence-electron chi connectivity index (χ1n) is 10.2. The highest BCUT2D eigenvalue weighted by molar-refractivity contribution is 4.52. The van der Waals surface area contributed by atoms with E-state index >= 15 is 0 Å². The highest BCUT2D eigenvalue weighted by Gasteiger charge is 2.02. The lowest BCUT2D eigenvalue weighted by Gasteiger charge is -2.11. The van der Waals surface area contributed by atoms with Gasteiger partial charge in [0.25, 0.3) is 0 Å². The molecule has 0 atom stereocenters. The van der Waals surface area contributed by atoms with Gasteiger partial charge in [0.2, 0.25) is 0 Å². The van der Waals surface area contributed by atoms with Crippen LogP contribution in [0, 0.1) is 0 Å². The zero-order valence-corrected chi connectivity index (χ0v) is 15.6. The van der Waals surface area contributed by atoms with Gasteiger partial charge in [-0.1, -0.05) is 104 Å². The SMILES string of the molecule is CCCCCCCCCCN(F)CCCCCCCCCC. The van der Waals surface area contributed by atoms with Gasteiger partial charge in [0.1, 0.15) is 0 Å². The number of hydrogen-bond donors (Lipinski definition) is 0. The number of unbranched alkanes of at least 4 members (excludes halogenated alkanes) is 14. The molecule has 0 amide bonds. The maximum Gasteiger partial charge on any atom is 0.0290 e. The summed E-state index contributed by atoms with van der Waals surface area (Å²) >= 11 is 0. The Labute approximate surface area is 140 Å². The van der Waals surface area contributed by atoms with Crippen molar-refractivity contribution in [3.63, 3.8) is 0 Å². The van der Waals surface area contributed by atoms with Crippen molar-refractivity contribution in [1.82, 2.24) is 5.12 Å². The van der Waals surface area contributed by atoms with E-state index in [1.807, 2.05) is 0 Å². The Morgan fingerprint density at radius 1 is 0.455 bits per heavy atom. The third-order valence-corrected chi connectivity index (χ3v) is 4.51. The molecule has 0 radical (unpaired) electrons. The molecular weight excluding hydrogens is 273 g/mol.